The third kappa shape index (κ3) is 3.80. The van der Waals surface area contributed by atoms with Gasteiger partial charge in [-0.25, -0.2) is 0 Å². The van der Waals surface area contributed by atoms with Crippen molar-refractivity contribution in [2.24, 2.45) is 11.8 Å². The van der Waals surface area contributed by atoms with Gasteiger partial charge in [0.05, 0.1) is 0 Å². The van der Waals surface area contributed by atoms with Crippen LogP contribution >= 0.6 is 11.6 Å². The van der Waals surface area contributed by atoms with Crippen molar-refractivity contribution in [1.29, 1.82) is 0 Å². The van der Waals surface area contributed by atoms with Crippen LogP contribution in [0.25, 0.3) is 0 Å². The second-order valence-corrected chi connectivity index (χ2v) is 12.6. The molecule has 0 aromatic heterocycles. The van der Waals surface area contributed by atoms with Gasteiger partial charge in [0.1, 0.15) is 8.07 Å². The number of ketones is 1. The van der Waals surface area contributed by atoms with Crippen molar-refractivity contribution in [2.75, 3.05) is 0 Å². The van der Waals surface area contributed by atoms with Crippen LogP contribution in [0.4, 0.5) is 0 Å². The van der Waals surface area contributed by atoms with Crippen molar-refractivity contribution in [1.82, 2.24) is 0 Å². The molecule has 1 fully saturated rings. The maximum atomic E-state index is 12.9. The molecule has 3 atom stereocenters. The van der Waals surface area contributed by atoms with E-state index in [0.29, 0.717) is 0 Å². The summed E-state index contributed by atoms with van der Waals surface area (Å²) >= 11 is 6.00. The predicted molar refractivity (Wildman–Crippen MR) is 103 cm³/mol. The Morgan fingerprint density at radius 3 is 2.21 bits per heavy atom. The molecule has 0 unspecified atom stereocenters. The lowest BCUT2D eigenvalue weighted by Gasteiger charge is -2.03. The highest BCUT2D eigenvalue weighted by Gasteiger charge is 2.54. The maximum absolute atomic E-state index is 12.9. The van der Waals surface area contributed by atoms with Gasteiger partial charge in [0.25, 0.3) is 0 Å². The summed E-state index contributed by atoms with van der Waals surface area (Å²) in [5, 5.41) is 0.718. The second-order valence-electron chi connectivity index (χ2n) is 7.38. The highest BCUT2D eigenvalue weighted by atomic mass is 35.5. The Morgan fingerprint density at radius 2 is 1.62 bits per heavy atom. The van der Waals surface area contributed by atoms with Crippen molar-refractivity contribution < 1.29 is 4.79 Å². The largest absolute Gasteiger partial charge is 0.294 e. The standard InChI is InChI=1S/C21H21ClOSi/c1-24(2,3)14-13-18-19(15-9-11-17(22)12-10-15)20(18)21(23)16-7-5-4-6-8-16/h4-12,18-20H,1-3H3/t18-,19-,20-/m1/s1. The molecule has 3 heteroatoms. The Morgan fingerprint density at radius 1 is 1.00 bits per heavy atom. The minimum Gasteiger partial charge on any atom is -0.294 e. The number of Topliss-reactive ketones (excluding diaryl/α,β-unsaturated/α-hetero) is 1. The fourth-order valence-corrected chi connectivity index (χ4v) is 3.74. The van der Waals surface area contributed by atoms with Crippen LogP contribution in [-0.4, -0.2) is 13.9 Å². The summed E-state index contributed by atoms with van der Waals surface area (Å²) in [5.41, 5.74) is 5.37. The third-order valence-electron chi connectivity index (χ3n) is 4.25. The van der Waals surface area contributed by atoms with Crippen molar-refractivity contribution in [3.63, 3.8) is 0 Å². The molecule has 1 nitrogen and oxygen atoms in total. The summed E-state index contributed by atoms with van der Waals surface area (Å²) in [6, 6.07) is 17.4. The van der Waals surface area contributed by atoms with Gasteiger partial charge in [-0.15, -0.1) is 11.5 Å². The molecule has 2 aromatic carbocycles. The van der Waals surface area contributed by atoms with Gasteiger partial charge >= 0.3 is 0 Å². The molecule has 1 aliphatic rings. The first-order chi connectivity index (χ1) is 11.4. The molecule has 1 aliphatic carbocycles. The summed E-state index contributed by atoms with van der Waals surface area (Å²) in [5.74, 6) is 3.87. The number of halogens is 1. The van der Waals surface area contributed by atoms with E-state index in [1.165, 1.54) is 0 Å². The molecule has 1 saturated carbocycles. The van der Waals surface area contributed by atoms with Crippen molar-refractivity contribution >= 4 is 25.5 Å². The number of carbonyl (C=O) groups is 1. The number of rotatable bonds is 3. The molecule has 0 radical (unpaired) electrons. The van der Waals surface area contributed by atoms with Gasteiger partial charge in [-0.1, -0.05) is 73.7 Å². The SMILES string of the molecule is C[Si](C)(C)C#C[C@H]1[C@@H](C(=O)c2ccccc2)[C@@H]1c1ccc(Cl)cc1. The minimum atomic E-state index is -1.46. The normalized spacial score (nSPS) is 22.4. The average Bonchev–Trinajstić information content (AvgIpc) is 3.27. The van der Waals surface area contributed by atoms with E-state index in [0.717, 1.165) is 16.1 Å². The van der Waals surface area contributed by atoms with Crippen molar-refractivity contribution in [3.05, 3.63) is 70.7 Å². The molecular formula is C21H21ClOSi. The molecule has 0 spiro atoms. The van der Waals surface area contributed by atoms with Crippen LogP contribution in [0.1, 0.15) is 21.8 Å². The second kappa shape index (κ2) is 6.59. The molecule has 24 heavy (non-hydrogen) atoms. The van der Waals surface area contributed by atoms with E-state index in [9.17, 15) is 4.79 Å². The van der Waals surface area contributed by atoms with Crippen LogP contribution in [0.5, 0.6) is 0 Å². The van der Waals surface area contributed by atoms with Crippen LogP contribution in [-0.2, 0) is 0 Å². The summed E-state index contributed by atoms with van der Waals surface area (Å²) in [7, 11) is -1.46. The summed E-state index contributed by atoms with van der Waals surface area (Å²) in [6.45, 7) is 6.69. The zero-order valence-corrected chi connectivity index (χ0v) is 16.0. The summed E-state index contributed by atoms with van der Waals surface area (Å²) in [4.78, 5) is 12.9. The molecule has 0 aliphatic heterocycles. The van der Waals surface area contributed by atoms with Crippen LogP contribution < -0.4 is 0 Å². The molecule has 122 valence electrons. The Balaban J connectivity index is 1.90. The summed E-state index contributed by atoms with van der Waals surface area (Å²) in [6.07, 6.45) is 0. The van der Waals surface area contributed by atoms with Crippen molar-refractivity contribution in [3.8, 4) is 11.5 Å². The van der Waals surface area contributed by atoms with E-state index >= 15 is 0 Å². The molecule has 0 heterocycles. The van der Waals surface area contributed by atoms with Gasteiger partial charge in [0, 0.05) is 28.3 Å². The molecule has 0 saturated heterocycles. The Labute approximate surface area is 150 Å². The lowest BCUT2D eigenvalue weighted by Crippen LogP contribution is -2.16. The van der Waals surface area contributed by atoms with Crippen LogP contribution in [0.3, 0.4) is 0 Å². The van der Waals surface area contributed by atoms with Crippen LogP contribution in [0.15, 0.2) is 54.6 Å². The van der Waals surface area contributed by atoms with Crippen molar-refractivity contribution in [2.45, 2.75) is 25.6 Å². The first-order valence-electron chi connectivity index (χ1n) is 8.24. The van der Waals surface area contributed by atoms with Crippen LogP contribution in [0.2, 0.25) is 24.7 Å². The predicted octanol–water partition coefficient (Wildman–Crippen LogP) is 5.43. The fourth-order valence-electron chi connectivity index (χ4n) is 3.01. The average molecular weight is 353 g/mol. The zero-order chi connectivity index (χ0) is 17.3. The number of benzene rings is 2. The van der Waals surface area contributed by atoms with Crippen LogP contribution in [0, 0.1) is 23.3 Å². The molecule has 2 aromatic rings. The number of hydrogen-bond donors (Lipinski definition) is 0. The van der Waals surface area contributed by atoms with Gasteiger partial charge in [-0.2, -0.15) is 0 Å². The minimum absolute atomic E-state index is 0.0441. The van der Waals surface area contributed by atoms with Gasteiger partial charge in [-0.3, -0.25) is 4.79 Å². The van der Waals surface area contributed by atoms with E-state index in [4.69, 9.17) is 11.6 Å². The molecule has 0 bridgehead atoms. The quantitative estimate of drug-likeness (QED) is 0.408. The first kappa shape index (κ1) is 17.0. The monoisotopic (exact) mass is 352 g/mol. The molecule has 0 N–H and O–H groups in total. The van der Waals surface area contributed by atoms with Gasteiger partial charge < -0.3 is 0 Å². The smallest absolute Gasteiger partial charge is 0.167 e. The van der Waals surface area contributed by atoms with Gasteiger partial charge in [0.15, 0.2) is 5.78 Å². The van der Waals surface area contributed by atoms with E-state index in [-0.39, 0.29) is 23.5 Å². The fraction of sp³-hybridized carbons (Fsp3) is 0.286. The highest BCUT2D eigenvalue weighted by Crippen LogP contribution is 2.55. The van der Waals surface area contributed by atoms with E-state index in [1.807, 2.05) is 54.6 Å². The number of hydrogen-bond acceptors (Lipinski definition) is 1. The Hall–Kier alpha value is -1.82. The Kier molecular flexibility index (Phi) is 4.67. The molecule has 3 rings (SSSR count). The highest BCUT2D eigenvalue weighted by molar-refractivity contribution is 6.83. The van der Waals surface area contributed by atoms with E-state index in [2.05, 4.69) is 31.1 Å². The Bertz CT molecular complexity index is 794. The lowest BCUT2D eigenvalue weighted by molar-refractivity contribution is 0.0962. The maximum Gasteiger partial charge on any atom is 0.167 e. The van der Waals surface area contributed by atoms with E-state index in [1.54, 1.807) is 0 Å². The van der Waals surface area contributed by atoms with Gasteiger partial charge in [0.2, 0.25) is 0 Å². The molecular weight excluding hydrogens is 332 g/mol. The first-order valence-corrected chi connectivity index (χ1v) is 12.1. The zero-order valence-electron chi connectivity index (χ0n) is 14.2. The summed E-state index contributed by atoms with van der Waals surface area (Å²) < 4.78 is 0. The van der Waals surface area contributed by atoms with Gasteiger partial charge in [-0.05, 0) is 17.7 Å². The third-order valence-corrected chi connectivity index (χ3v) is 5.40. The lowest BCUT2D eigenvalue weighted by atomic mass is 10.0. The van der Waals surface area contributed by atoms with E-state index < -0.39 is 8.07 Å². The number of carbonyl (C=O) groups excluding carboxylic acids is 1. The molecule has 0 amide bonds. The topological polar surface area (TPSA) is 17.1 Å².